The fourth-order valence-corrected chi connectivity index (χ4v) is 3.45. The van der Waals surface area contributed by atoms with Crippen molar-refractivity contribution in [1.82, 2.24) is 4.90 Å². The Balaban J connectivity index is 1.93. The minimum absolute atomic E-state index is 0.0489. The maximum Gasteiger partial charge on any atom is 0.259 e. The van der Waals surface area contributed by atoms with Crippen LogP contribution in [-0.4, -0.2) is 37.4 Å². The number of amidine groups is 1. The molecule has 2 heterocycles. The van der Waals surface area contributed by atoms with Gasteiger partial charge in [-0.15, -0.1) is 4.40 Å². The second-order valence-corrected chi connectivity index (χ2v) is 7.27. The van der Waals surface area contributed by atoms with Gasteiger partial charge in [-0.2, -0.15) is 0 Å². The standard InChI is InChI=1S/C16H17N3O3S/c1-11-5-3-7-14(12(11)2)17-16(20)13-6-4-8-19-9-10-23(21,22)18-15(13)19/h3-8H,9-10H2,1-2H3,(H,17,20). The summed E-state index contributed by atoms with van der Waals surface area (Å²) in [4.78, 5) is 14.3. The molecule has 2 aliphatic heterocycles. The van der Waals surface area contributed by atoms with Gasteiger partial charge in [0.25, 0.3) is 15.9 Å². The third kappa shape index (κ3) is 3.05. The van der Waals surface area contributed by atoms with E-state index in [9.17, 15) is 13.2 Å². The Hall–Kier alpha value is -2.41. The number of amides is 1. The van der Waals surface area contributed by atoms with Crippen LogP contribution >= 0.6 is 0 Å². The molecule has 0 saturated carbocycles. The number of carbonyl (C=O) groups is 1. The summed E-state index contributed by atoms with van der Waals surface area (Å²) in [5.41, 5.74) is 3.00. The first-order valence-electron chi connectivity index (χ1n) is 7.23. The summed E-state index contributed by atoms with van der Waals surface area (Å²) in [6.07, 6.45) is 5.02. The topological polar surface area (TPSA) is 78.8 Å². The van der Waals surface area contributed by atoms with E-state index in [4.69, 9.17) is 0 Å². The molecule has 1 N–H and O–H groups in total. The average molecular weight is 331 g/mol. The number of nitrogens with zero attached hydrogens (tertiary/aromatic N) is 2. The van der Waals surface area contributed by atoms with Gasteiger partial charge in [-0.05, 0) is 43.2 Å². The van der Waals surface area contributed by atoms with Crippen LogP contribution in [0.2, 0.25) is 0 Å². The van der Waals surface area contributed by atoms with E-state index in [0.717, 1.165) is 11.1 Å². The molecule has 1 aromatic rings. The van der Waals surface area contributed by atoms with Crippen molar-refractivity contribution in [2.45, 2.75) is 13.8 Å². The first-order chi connectivity index (χ1) is 10.9. The number of benzene rings is 1. The number of hydrogen-bond donors (Lipinski definition) is 1. The van der Waals surface area contributed by atoms with Crippen LogP contribution in [0.5, 0.6) is 0 Å². The monoisotopic (exact) mass is 331 g/mol. The van der Waals surface area contributed by atoms with Crippen molar-refractivity contribution in [1.29, 1.82) is 0 Å². The lowest BCUT2D eigenvalue weighted by Crippen LogP contribution is -2.40. The van der Waals surface area contributed by atoms with Crippen LogP contribution in [0.3, 0.4) is 0 Å². The molecular formula is C16H17N3O3S. The molecule has 0 aromatic heterocycles. The number of rotatable bonds is 2. The maximum absolute atomic E-state index is 12.6. The smallest absolute Gasteiger partial charge is 0.259 e. The van der Waals surface area contributed by atoms with Gasteiger partial charge in [0.15, 0.2) is 5.84 Å². The number of hydrogen-bond acceptors (Lipinski definition) is 4. The number of aryl methyl sites for hydroxylation is 1. The van der Waals surface area contributed by atoms with Gasteiger partial charge >= 0.3 is 0 Å². The summed E-state index contributed by atoms with van der Waals surface area (Å²) in [7, 11) is -3.52. The Bertz CT molecular complexity index is 867. The Morgan fingerprint density at radius 1 is 1.30 bits per heavy atom. The van der Waals surface area contributed by atoms with Crippen molar-refractivity contribution in [3.63, 3.8) is 0 Å². The molecule has 120 valence electrons. The van der Waals surface area contributed by atoms with Gasteiger partial charge in [0.1, 0.15) is 0 Å². The highest BCUT2D eigenvalue weighted by atomic mass is 32.2. The van der Waals surface area contributed by atoms with Crippen LogP contribution in [0.4, 0.5) is 5.69 Å². The summed E-state index contributed by atoms with van der Waals surface area (Å²) in [5.74, 6) is -0.238. The molecule has 0 aliphatic carbocycles. The summed E-state index contributed by atoms with van der Waals surface area (Å²) in [5, 5.41) is 2.84. The zero-order valence-corrected chi connectivity index (χ0v) is 13.7. The van der Waals surface area contributed by atoms with E-state index in [1.54, 1.807) is 23.3 Å². The summed E-state index contributed by atoms with van der Waals surface area (Å²) in [6, 6.07) is 5.64. The summed E-state index contributed by atoms with van der Waals surface area (Å²) >= 11 is 0. The summed E-state index contributed by atoms with van der Waals surface area (Å²) < 4.78 is 27.2. The fraction of sp³-hybridized carbons (Fsp3) is 0.250. The van der Waals surface area contributed by atoms with E-state index < -0.39 is 10.0 Å². The lowest BCUT2D eigenvalue weighted by Gasteiger charge is -2.28. The van der Waals surface area contributed by atoms with Gasteiger partial charge < -0.3 is 10.2 Å². The van der Waals surface area contributed by atoms with Crippen LogP contribution in [0.25, 0.3) is 0 Å². The first kappa shape index (κ1) is 15.5. The van der Waals surface area contributed by atoms with E-state index in [1.165, 1.54) is 0 Å². The highest BCUT2D eigenvalue weighted by Gasteiger charge is 2.30. The third-order valence-corrected chi connectivity index (χ3v) is 5.10. The molecule has 0 unspecified atom stereocenters. The van der Waals surface area contributed by atoms with Crippen molar-refractivity contribution in [2.24, 2.45) is 4.40 Å². The molecule has 0 radical (unpaired) electrons. The van der Waals surface area contributed by atoms with Crippen molar-refractivity contribution >= 4 is 27.5 Å². The van der Waals surface area contributed by atoms with Gasteiger partial charge in [0.2, 0.25) is 0 Å². The number of sulfonamides is 1. The summed E-state index contributed by atoms with van der Waals surface area (Å²) in [6.45, 7) is 4.19. The number of fused-ring (bicyclic) bond motifs is 1. The Morgan fingerprint density at radius 3 is 2.87 bits per heavy atom. The lowest BCUT2D eigenvalue weighted by atomic mass is 10.1. The second-order valence-electron chi connectivity index (χ2n) is 5.52. The van der Waals surface area contributed by atoms with Crippen LogP contribution in [-0.2, 0) is 14.8 Å². The van der Waals surface area contributed by atoms with Crippen molar-refractivity contribution in [3.8, 4) is 0 Å². The predicted molar refractivity (Wildman–Crippen MR) is 89.7 cm³/mol. The first-order valence-corrected chi connectivity index (χ1v) is 8.84. The highest BCUT2D eigenvalue weighted by molar-refractivity contribution is 7.90. The van der Waals surface area contributed by atoms with E-state index in [-0.39, 0.29) is 23.1 Å². The van der Waals surface area contributed by atoms with Gasteiger partial charge in [-0.1, -0.05) is 12.1 Å². The minimum atomic E-state index is -3.52. The molecule has 0 atom stereocenters. The Kier molecular flexibility index (Phi) is 3.81. The average Bonchev–Trinajstić information content (AvgIpc) is 2.50. The molecule has 2 aliphatic rings. The number of anilines is 1. The number of allylic oxidation sites excluding steroid dienone is 2. The van der Waals surface area contributed by atoms with Crippen LogP contribution in [0, 0.1) is 13.8 Å². The Morgan fingerprint density at radius 2 is 2.09 bits per heavy atom. The van der Waals surface area contributed by atoms with Gasteiger partial charge in [-0.25, -0.2) is 8.42 Å². The zero-order valence-electron chi connectivity index (χ0n) is 12.9. The predicted octanol–water partition coefficient (Wildman–Crippen LogP) is 1.74. The Labute approximate surface area is 135 Å². The molecule has 7 heteroatoms. The van der Waals surface area contributed by atoms with Gasteiger partial charge in [-0.3, -0.25) is 4.79 Å². The van der Waals surface area contributed by atoms with E-state index in [1.807, 2.05) is 32.0 Å². The normalized spacial score (nSPS) is 18.8. The third-order valence-electron chi connectivity index (χ3n) is 3.96. The molecular weight excluding hydrogens is 314 g/mol. The molecule has 1 amide bonds. The molecule has 0 spiro atoms. The van der Waals surface area contributed by atoms with Crippen LogP contribution in [0.1, 0.15) is 11.1 Å². The van der Waals surface area contributed by atoms with Crippen molar-refractivity contribution < 1.29 is 13.2 Å². The molecule has 3 rings (SSSR count). The van der Waals surface area contributed by atoms with Crippen molar-refractivity contribution in [3.05, 3.63) is 53.3 Å². The zero-order chi connectivity index (χ0) is 16.6. The molecule has 6 nitrogen and oxygen atoms in total. The lowest BCUT2D eigenvalue weighted by molar-refractivity contribution is -0.112. The SMILES string of the molecule is Cc1cccc(NC(=O)C2=CC=CN3CCS(=O)(=O)N=C23)c1C. The number of nitrogens with one attached hydrogen (secondary N) is 1. The number of carbonyl (C=O) groups excluding carboxylic acids is 1. The molecule has 0 fully saturated rings. The van der Waals surface area contributed by atoms with Crippen LogP contribution < -0.4 is 5.32 Å². The molecule has 0 bridgehead atoms. The van der Waals surface area contributed by atoms with Gasteiger partial charge in [0, 0.05) is 18.4 Å². The van der Waals surface area contributed by atoms with E-state index >= 15 is 0 Å². The minimum Gasteiger partial charge on any atom is -0.331 e. The molecule has 1 aromatic carbocycles. The van der Waals surface area contributed by atoms with Crippen molar-refractivity contribution in [2.75, 3.05) is 17.6 Å². The van der Waals surface area contributed by atoms with Crippen LogP contribution in [0.15, 0.2) is 46.5 Å². The fourth-order valence-electron chi connectivity index (χ4n) is 2.47. The maximum atomic E-state index is 12.6. The quantitative estimate of drug-likeness (QED) is 0.895. The largest absolute Gasteiger partial charge is 0.331 e. The highest BCUT2D eigenvalue weighted by Crippen LogP contribution is 2.22. The molecule has 0 saturated heterocycles. The van der Waals surface area contributed by atoms with E-state index in [2.05, 4.69) is 9.71 Å². The molecule has 23 heavy (non-hydrogen) atoms. The van der Waals surface area contributed by atoms with E-state index in [0.29, 0.717) is 12.2 Å². The van der Waals surface area contributed by atoms with Gasteiger partial charge in [0.05, 0.1) is 11.3 Å². The second kappa shape index (κ2) is 5.66.